The number of carbonyl (C=O) groups is 2. The van der Waals surface area contributed by atoms with Gasteiger partial charge in [0, 0.05) is 19.5 Å². The number of amides is 2. The number of hydrogen-bond donors (Lipinski definition) is 3. The number of likely N-dealkylation sites (tertiary alicyclic amines) is 1. The summed E-state index contributed by atoms with van der Waals surface area (Å²) in [6.45, 7) is 3.01. The molecule has 1 heterocycles. The summed E-state index contributed by atoms with van der Waals surface area (Å²) in [6.07, 6.45) is 10.3. The van der Waals surface area contributed by atoms with Gasteiger partial charge >= 0.3 is 0 Å². The first kappa shape index (κ1) is 20.9. The summed E-state index contributed by atoms with van der Waals surface area (Å²) in [6, 6.07) is -0.376. The van der Waals surface area contributed by atoms with Gasteiger partial charge in [0.2, 0.25) is 11.8 Å². The molecule has 2 amide bonds. The average Bonchev–Trinajstić information content (AvgIpc) is 3.11. The van der Waals surface area contributed by atoms with Crippen LogP contribution in [0.2, 0.25) is 0 Å². The van der Waals surface area contributed by atoms with E-state index in [2.05, 4.69) is 5.32 Å². The van der Waals surface area contributed by atoms with Crippen LogP contribution in [-0.2, 0) is 9.59 Å². The Morgan fingerprint density at radius 1 is 0.875 bits per heavy atom. The van der Waals surface area contributed by atoms with Gasteiger partial charge in [0.05, 0.1) is 0 Å². The highest BCUT2D eigenvalue weighted by molar-refractivity contribution is 5.87. The summed E-state index contributed by atoms with van der Waals surface area (Å²) in [5.74, 6) is 0.0833. The summed E-state index contributed by atoms with van der Waals surface area (Å²) >= 11 is 0. The van der Waals surface area contributed by atoms with E-state index >= 15 is 0 Å². The first-order chi connectivity index (χ1) is 11.7. The van der Waals surface area contributed by atoms with Gasteiger partial charge in [-0.1, -0.05) is 19.3 Å². The number of rotatable bonds is 13. The van der Waals surface area contributed by atoms with E-state index in [9.17, 15) is 9.59 Å². The molecule has 1 saturated heterocycles. The van der Waals surface area contributed by atoms with Crippen molar-refractivity contribution in [2.24, 2.45) is 11.5 Å². The van der Waals surface area contributed by atoms with E-state index in [1.165, 1.54) is 0 Å². The number of unbranched alkanes of at least 4 members (excludes halogenated alkanes) is 5. The molecule has 0 saturated carbocycles. The molecule has 6 heteroatoms. The fourth-order valence-corrected chi connectivity index (χ4v) is 3.13. The fraction of sp³-hybridized carbons (Fsp3) is 0.889. The second-order valence-electron chi connectivity index (χ2n) is 6.74. The molecule has 24 heavy (non-hydrogen) atoms. The minimum absolute atomic E-state index is 0.000815. The molecule has 0 aromatic rings. The van der Waals surface area contributed by atoms with Crippen LogP contribution in [0.25, 0.3) is 0 Å². The summed E-state index contributed by atoms with van der Waals surface area (Å²) in [4.78, 5) is 26.6. The van der Waals surface area contributed by atoms with Gasteiger partial charge in [0.15, 0.2) is 0 Å². The van der Waals surface area contributed by atoms with Crippen molar-refractivity contribution in [2.75, 3.05) is 26.2 Å². The zero-order valence-electron chi connectivity index (χ0n) is 15.1. The Balaban J connectivity index is 2.33. The molecule has 5 N–H and O–H groups in total. The van der Waals surface area contributed by atoms with Gasteiger partial charge in [-0.15, -0.1) is 0 Å². The molecule has 6 nitrogen and oxygen atoms in total. The quantitative estimate of drug-likeness (QED) is 0.442. The van der Waals surface area contributed by atoms with Crippen LogP contribution in [0.1, 0.15) is 70.6 Å². The number of hydrogen-bond acceptors (Lipinski definition) is 4. The van der Waals surface area contributed by atoms with Crippen LogP contribution in [0.4, 0.5) is 0 Å². The zero-order chi connectivity index (χ0) is 17.6. The largest absolute Gasteiger partial charge is 0.344 e. The van der Waals surface area contributed by atoms with E-state index in [1.54, 1.807) is 0 Å². The molecule has 0 aromatic heterocycles. The van der Waals surface area contributed by atoms with Gasteiger partial charge in [0.1, 0.15) is 6.04 Å². The lowest BCUT2D eigenvalue weighted by atomic mass is 10.1. The number of carbonyl (C=O) groups excluding carboxylic acids is 2. The van der Waals surface area contributed by atoms with Gasteiger partial charge in [-0.25, -0.2) is 0 Å². The highest BCUT2D eigenvalue weighted by Crippen LogP contribution is 2.13. The molecule has 1 aliphatic rings. The second-order valence-corrected chi connectivity index (χ2v) is 6.74. The maximum Gasteiger partial charge on any atom is 0.245 e. The zero-order valence-corrected chi connectivity index (χ0v) is 15.1. The molecule has 0 aromatic carbocycles. The van der Waals surface area contributed by atoms with Crippen molar-refractivity contribution in [3.63, 3.8) is 0 Å². The van der Waals surface area contributed by atoms with Crippen molar-refractivity contribution in [3.8, 4) is 0 Å². The molecule has 1 atom stereocenters. The maximum atomic E-state index is 12.6. The Hall–Kier alpha value is -1.14. The lowest BCUT2D eigenvalue weighted by Gasteiger charge is -2.24. The van der Waals surface area contributed by atoms with Crippen molar-refractivity contribution in [1.82, 2.24) is 10.2 Å². The summed E-state index contributed by atoms with van der Waals surface area (Å²) in [5.41, 5.74) is 11.0. The van der Waals surface area contributed by atoms with E-state index in [4.69, 9.17) is 11.5 Å². The third-order valence-electron chi connectivity index (χ3n) is 4.61. The molecular weight excluding hydrogens is 304 g/mol. The molecule has 1 aliphatic heterocycles. The Labute approximate surface area is 146 Å². The van der Waals surface area contributed by atoms with Gasteiger partial charge in [0.25, 0.3) is 0 Å². The first-order valence-corrected chi connectivity index (χ1v) is 9.67. The highest BCUT2D eigenvalue weighted by Gasteiger charge is 2.27. The smallest absolute Gasteiger partial charge is 0.245 e. The molecule has 0 aliphatic carbocycles. The van der Waals surface area contributed by atoms with Gasteiger partial charge in [-0.05, 0) is 58.0 Å². The number of nitrogens with two attached hydrogens (primary N) is 2. The van der Waals surface area contributed by atoms with Crippen molar-refractivity contribution >= 4 is 11.8 Å². The lowest BCUT2D eigenvalue weighted by molar-refractivity contribution is -0.135. The van der Waals surface area contributed by atoms with Crippen LogP contribution in [0.5, 0.6) is 0 Å². The first-order valence-electron chi connectivity index (χ1n) is 9.67. The van der Waals surface area contributed by atoms with Gasteiger partial charge in [-0.2, -0.15) is 0 Å². The minimum Gasteiger partial charge on any atom is -0.344 e. The van der Waals surface area contributed by atoms with Crippen LogP contribution < -0.4 is 16.8 Å². The third-order valence-corrected chi connectivity index (χ3v) is 4.61. The van der Waals surface area contributed by atoms with E-state index in [1.807, 2.05) is 4.90 Å². The van der Waals surface area contributed by atoms with E-state index in [0.717, 1.165) is 77.4 Å². The fourth-order valence-electron chi connectivity index (χ4n) is 3.13. The monoisotopic (exact) mass is 340 g/mol. The number of nitrogens with one attached hydrogen (secondary N) is 1. The Morgan fingerprint density at radius 2 is 1.46 bits per heavy atom. The van der Waals surface area contributed by atoms with Crippen molar-refractivity contribution in [2.45, 2.75) is 76.7 Å². The summed E-state index contributed by atoms with van der Waals surface area (Å²) in [7, 11) is 0. The lowest BCUT2D eigenvalue weighted by Crippen LogP contribution is -2.47. The molecule has 0 spiro atoms. The van der Waals surface area contributed by atoms with E-state index in [-0.39, 0.29) is 17.9 Å². The van der Waals surface area contributed by atoms with Crippen LogP contribution >= 0.6 is 0 Å². The molecule has 0 unspecified atom stereocenters. The van der Waals surface area contributed by atoms with Crippen LogP contribution in [-0.4, -0.2) is 48.9 Å². The Bertz CT molecular complexity index is 357. The van der Waals surface area contributed by atoms with Crippen molar-refractivity contribution in [1.29, 1.82) is 0 Å². The molecule has 1 fully saturated rings. The third kappa shape index (κ3) is 8.64. The normalized spacial score (nSPS) is 15.5. The standard InChI is InChI=1S/C18H36N4O2/c19-12-6-3-1-2-4-11-17(23)21-16(10-5-7-13-20)18(24)22-14-8-9-15-22/h16H,1-15,19-20H2,(H,21,23)/t16-/m0/s1. The van der Waals surface area contributed by atoms with Crippen LogP contribution in [0.15, 0.2) is 0 Å². The topological polar surface area (TPSA) is 101 Å². The number of nitrogens with zero attached hydrogens (tertiary/aromatic N) is 1. The predicted octanol–water partition coefficient (Wildman–Crippen LogP) is 1.52. The predicted molar refractivity (Wildman–Crippen MR) is 97.4 cm³/mol. The van der Waals surface area contributed by atoms with Crippen LogP contribution in [0.3, 0.4) is 0 Å². The van der Waals surface area contributed by atoms with Gasteiger partial charge in [-0.3, -0.25) is 9.59 Å². The molecule has 1 rings (SSSR count). The maximum absolute atomic E-state index is 12.6. The minimum atomic E-state index is -0.376. The molecule has 0 bridgehead atoms. The average molecular weight is 341 g/mol. The Kier molecular flexibility index (Phi) is 11.5. The van der Waals surface area contributed by atoms with E-state index in [0.29, 0.717) is 19.4 Å². The van der Waals surface area contributed by atoms with Gasteiger partial charge < -0.3 is 21.7 Å². The van der Waals surface area contributed by atoms with Crippen molar-refractivity contribution in [3.05, 3.63) is 0 Å². The second kappa shape index (κ2) is 13.2. The molecule has 140 valence electrons. The highest BCUT2D eigenvalue weighted by atomic mass is 16.2. The van der Waals surface area contributed by atoms with Crippen molar-refractivity contribution < 1.29 is 9.59 Å². The van der Waals surface area contributed by atoms with Crippen LogP contribution in [0, 0.1) is 0 Å². The molecular formula is C18H36N4O2. The Morgan fingerprint density at radius 3 is 2.12 bits per heavy atom. The summed E-state index contributed by atoms with van der Waals surface area (Å²) in [5, 5.41) is 2.96. The summed E-state index contributed by atoms with van der Waals surface area (Å²) < 4.78 is 0. The SMILES string of the molecule is NCCCCCCCC(=O)N[C@@H](CCCCN)C(=O)N1CCCC1. The molecule has 0 radical (unpaired) electrons. The van der Waals surface area contributed by atoms with E-state index < -0.39 is 0 Å².